The summed E-state index contributed by atoms with van der Waals surface area (Å²) < 4.78 is 18.0. The summed E-state index contributed by atoms with van der Waals surface area (Å²) in [5.41, 5.74) is -1.95. The minimum atomic E-state index is -1.02. The van der Waals surface area contributed by atoms with E-state index in [1.165, 1.54) is 0 Å². The summed E-state index contributed by atoms with van der Waals surface area (Å²) in [5, 5.41) is 15.8. The van der Waals surface area contributed by atoms with Gasteiger partial charge in [0.05, 0.1) is 11.0 Å². The van der Waals surface area contributed by atoms with Gasteiger partial charge in [-0.2, -0.15) is 0 Å². The first kappa shape index (κ1) is 22.1. The van der Waals surface area contributed by atoms with Crippen LogP contribution < -0.4 is 10.6 Å². The lowest BCUT2D eigenvalue weighted by Crippen LogP contribution is -2.54. The van der Waals surface area contributed by atoms with E-state index in [1.807, 2.05) is 6.92 Å². The van der Waals surface area contributed by atoms with E-state index in [-0.39, 0.29) is 11.6 Å². The molecule has 1 aliphatic heterocycles. The van der Waals surface area contributed by atoms with Gasteiger partial charge in [-0.25, -0.2) is 9.18 Å². The van der Waals surface area contributed by atoms with E-state index in [9.17, 15) is 33.7 Å². The van der Waals surface area contributed by atoms with Crippen LogP contribution in [0.15, 0.2) is 18.2 Å². The van der Waals surface area contributed by atoms with Crippen molar-refractivity contribution in [3.05, 3.63) is 34.1 Å². The van der Waals surface area contributed by atoms with Gasteiger partial charge < -0.3 is 15.4 Å². The fraction of sp³-hybridized carbons (Fsp3) is 0.474. The highest BCUT2D eigenvalue weighted by molar-refractivity contribution is 6.09. The Bertz CT molecular complexity index is 953. The third-order valence-electron chi connectivity index (χ3n) is 5.58. The second-order valence-corrected chi connectivity index (χ2v) is 7.57. The normalized spacial score (nSPS) is 22.9. The Labute approximate surface area is 176 Å². The number of esters is 1. The van der Waals surface area contributed by atoms with Crippen LogP contribution in [0.2, 0.25) is 0 Å². The molecule has 1 aromatic carbocycles. The van der Waals surface area contributed by atoms with Gasteiger partial charge in [-0.05, 0) is 30.9 Å². The Hall–Kier alpha value is -3.57. The number of rotatable bonds is 6. The fourth-order valence-corrected chi connectivity index (χ4v) is 3.91. The quantitative estimate of drug-likeness (QED) is 0.298. The van der Waals surface area contributed by atoms with Crippen LogP contribution in [0.25, 0.3) is 0 Å². The predicted molar refractivity (Wildman–Crippen MR) is 103 cm³/mol. The Morgan fingerprint density at radius 3 is 2.81 bits per heavy atom. The lowest BCUT2D eigenvalue weighted by Gasteiger charge is -2.36. The Morgan fingerprint density at radius 1 is 1.39 bits per heavy atom. The standard InChI is InChI=1S/C19H21FN4O7/c1-11-4-2-3-7-19(11)17(27)23(18(28)22-19)9-16(26)31-10-15(25)21-13-6-5-12(20)8-14(13)24(29)30/h5-6,8,11H,2-4,7,9-10H2,1H3,(H,21,25)(H,22,28)/t11-,19-/m0/s1. The number of ether oxygens (including phenoxy) is 1. The number of carbonyl (C=O) groups excluding carboxylic acids is 4. The first-order valence-corrected chi connectivity index (χ1v) is 9.67. The Kier molecular flexibility index (Phi) is 6.18. The summed E-state index contributed by atoms with van der Waals surface area (Å²) in [6, 6.07) is 1.88. The van der Waals surface area contributed by atoms with E-state index in [1.54, 1.807) is 0 Å². The summed E-state index contributed by atoms with van der Waals surface area (Å²) in [6.45, 7) is 0.403. The second kappa shape index (κ2) is 8.66. The van der Waals surface area contributed by atoms with Crippen molar-refractivity contribution >= 4 is 35.2 Å². The molecule has 31 heavy (non-hydrogen) atoms. The van der Waals surface area contributed by atoms with Gasteiger partial charge in [0.1, 0.15) is 23.6 Å². The van der Waals surface area contributed by atoms with Gasteiger partial charge in [0.2, 0.25) is 0 Å². The molecule has 2 aliphatic rings. The van der Waals surface area contributed by atoms with Gasteiger partial charge in [0.15, 0.2) is 6.61 Å². The number of nitro benzene ring substituents is 1. The second-order valence-electron chi connectivity index (χ2n) is 7.57. The molecular weight excluding hydrogens is 415 g/mol. The third-order valence-corrected chi connectivity index (χ3v) is 5.58. The SMILES string of the molecule is C[C@H]1CCCC[C@]12NC(=O)N(CC(=O)OCC(=O)Nc1ccc(F)cc1[N+](=O)[O-])C2=O. The number of halogens is 1. The highest BCUT2D eigenvalue weighted by Crippen LogP contribution is 2.38. The van der Waals surface area contributed by atoms with E-state index in [4.69, 9.17) is 4.74 Å². The minimum Gasteiger partial charge on any atom is -0.454 e. The van der Waals surface area contributed by atoms with Gasteiger partial charge in [0, 0.05) is 0 Å². The van der Waals surface area contributed by atoms with Crippen LogP contribution >= 0.6 is 0 Å². The molecule has 0 radical (unpaired) electrons. The monoisotopic (exact) mass is 436 g/mol. The molecule has 1 saturated carbocycles. The van der Waals surface area contributed by atoms with Gasteiger partial charge in [-0.3, -0.25) is 29.4 Å². The summed E-state index contributed by atoms with van der Waals surface area (Å²) in [6.07, 6.45) is 3.00. The first-order chi connectivity index (χ1) is 14.6. The van der Waals surface area contributed by atoms with E-state index < -0.39 is 58.9 Å². The number of nitrogens with one attached hydrogen (secondary N) is 2. The van der Waals surface area contributed by atoms with Crippen molar-refractivity contribution in [3.63, 3.8) is 0 Å². The molecule has 2 atom stereocenters. The molecule has 0 aromatic heterocycles. The molecule has 2 fully saturated rings. The number of nitro groups is 1. The molecule has 11 nitrogen and oxygen atoms in total. The lowest BCUT2D eigenvalue weighted by molar-refractivity contribution is -0.384. The maximum Gasteiger partial charge on any atom is 0.326 e. The largest absolute Gasteiger partial charge is 0.454 e. The summed E-state index contributed by atoms with van der Waals surface area (Å²) >= 11 is 0. The molecule has 166 valence electrons. The van der Waals surface area contributed by atoms with Gasteiger partial charge in [-0.15, -0.1) is 0 Å². The molecular formula is C19H21FN4O7. The molecule has 1 aromatic rings. The van der Waals surface area contributed by atoms with Gasteiger partial charge in [0.25, 0.3) is 17.5 Å². The molecule has 12 heteroatoms. The predicted octanol–water partition coefficient (Wildman–Crippen LogP) is 1.72. The van der Waals surface area contributed by atoms with Crippen molar-refractivity contribution in [2.45, 2.75) is 38.1 Å². The first-order valence-electron chi connectivity index (χ1n) is 9.67. The highest BCUT2D eigenvalue weighted by Gasteiger charge is 2.55. The lowest BCUT2D eigenvalue weighted by atomic mass is 9.73. The van der Waals surface area contributed by atoms with Crippen LogP contribution in [0.3, 0.4) is 0 Å². The van der Waals surface area contributed by atoms with Gasteiger partial charge >= 0.3 is 12.0 Å². The molecule has 0 bridgehead atoms. The number of nitrogens with zero attached hydrogens (tertiary/aromatic N) is 2. The Morgan fingerprint density at radius 2 is 2.13 bits per heavy atom. The Balaban J connectivity index is 1.56. The summed E-state index contributed by atoms with van der Waals surface area (Å²) in [7, 11) is 0. The molecule has 4 amide bonds. The van der Waals surface area contributed by atoms with E-state index in [0.717, 1.165) is 36.3 Å². The molecule has 3 rings (SSSR count). The smallest absolute Gasteiger partial charge is 0.326 e. The number of hydrogen-bond donors (Lipinski definition) is 2. The fourth-order valence-electron chi connectivity index (χ4n) is 3.91. The third kappa shape index (κ3) is 4.47. The molecule has 1 aliphatic carbocycles. The van der Waals surface area contributed by atoms with Crippen LogP contribution in [-0.2, 0) is 19.1 Å². The zero-order valence-corrected chi connectivity index (χ0v) is 16.7. The molecule has 2 N–H and O–H groups in total. The van der Waals surface area contributed by atoms with E-state index >= 15 is 0 Å². The number of anilines is 1. The number of benzene rings is 1. The zero-order valence-electron chi connectivity index (χ0n) is 16.7. The van der Waals surface area contributed by atoms with Crippen molar-refractivity contribution in [3.8, 4) is 0 Å². The van der Waals surface area contributed by atoms with Crippen molar-refractivity contribution in [2.24, 2.45) is 5.92 Å². The topological polar surface area (TPSA) is 148 Å². The molecule has 1 spiro atoms. The summed E-state index contributed by atoms with van der Waals surface area (Å²) in [5.74, 6) is -3.32. The van der Waals surface area contributed by atoms with Gasteiger partial charge in [-0.1, -0.05) is 19.8 Å². The number of urea groups is 1. The molecule has 1 heterocycles. The average Bonchev–Trinajstić information content (AvgIpc) is 2.95. The molecule has 1 saturated heterocycles. The number of carbonyl (C=O) groups is 4. The van der Waals surface area contributed by atoms with Crippen LogP contribution in [0.1, 0.15) is 32.6 Å². The molecule has 0 unspecified atom stereocenters. The van der Waals surface area contributed by atoms with E-state index in [2.05, 4.69) is 10.6 Å². The van der Waals surface area contributed by atoms with Crippen LogP contribution in [0, 0.1) is 21.8 Å². The maximum atomic E-state index is 13.2. The highest BCUT2D eigenvalue weighted by atomic mass is 19.1. The average molecular weight is 436 g/mol. The van der Waals surface area contributed by atoms with Crippen LogP contribution in [0.4, 0.5) is 20.6 Å². The minimum absolute atomic E-state index is 0.0731. The van der Waals surface area contributed by atoms with Crippen LogP contribution in [-0.4, -0.2) is 52.3 Å². The maximum absolute atomic E-state index is 13.2. The van der Waals surface area contributed by atoms with Crippen molar-refractivity contribution in [1.29, 1.82) is 0 Å². The van der Waals surface area contributed by atoms with Crippen LogP contribution in [0.5, 0.6) is 0 Å². The van der Waals surface area contributed by atoms with Crippen molar-refractivity contribution in [2.75, 3.05) is 18.5 Å². The van der Waals surface area contributed by atoms with Crippen molar-refractivity contribution in [1.82, 2.24) is 10.2 Å². The number of imide groups is 1. The van der Waals surface area contributed by atoms with E-state index in [0.29, 0.717) is 12.5 Å². The summed E-state index contributed by atoms with van der Waals surface area (Å²) in [4.78, 5) is 60.0. The zero-order chi connectivity index (χ0) is 22.8. The number of amides is 4. The van der Waals surface area contributed by atoms with Crippen molar-refractivity contribution < 1.29 is 33.2 Å². The number of hydrogen-bond acceptors (Lipinski definition) is 7.